The van der Waals surface area contributed by atoms with Gasteiger partial charge in [-0.1, -0.05) is 12.8 Å². The number of aromatic nitrogens is 1. The average Bonchev–Trinajstić information content (AvgIpc) is 2.71. The fraction of sp³-hybridized carbons (Fsp3) is 0.700. The van der Waals surface area contributed by atoms with Gasteiger partial charge in [-0.25, -0.2) is 4.98 Å². The molecule has 0 aromatic carbocycles. The van der Waals surface area contributed by atoms with Crippen LogP contribution < -0.4 is 5.73 Å². The van der Waals surface area contributed by atoms with Gasteiger partial charge in [0.25, 0.3) is 0 Å². The zero-order valence-corrected chi connectivity index (χ0v) is 10.7. The minimum atomic E-state index is 0.0615. The highest BCUT2D eigenvalue weighted by molar-refractivity contribution is 9.10. The Bertz CT molecular complexity index is 316. The molecule has 1 aliphatic rings. The third-order valence-corrected chi connectivity index (χ3v) is 5.03. The van der Waals surface area contributed by atoms with Crippen LogP contribution in [0.4, 0.5) is 0 Å². The first-order valence-electron chi connectivity index (χ1n) is 5.10. The third kappa shape index (κ3) is 2.02. The van der Waals surface area contributed by atoms with Crippen molar-refractivity contribution in [2.24, 2.45) is 5.73 Å². The lowest BCUT2D eigenvalue weighted by Crippen LogP contribution is -2.03. The van der Waals surface area contributed by atoms with E-state index in [1.165, 1.54) is 30.6 Å². The lowest BCUT2D eigenvalue weighted by Gasteiger charge is -2.04. The molecule has 1 atom stereocenters. The zero-order valence-electron chi connectivity index (χ0n) is 8.29. The van der Waals surface area contributed by atoms with E-state index in [2.05, 4.69) is 20.9 Å². The summed E-state index contributed by atoms with van der Waals surface area (Å²) in [6.45, 7) is 1.99. The van der Waals surface area contributed by atoms with Crippen LogP contribution in [0.2, 0.25) is 0 Å². The van der Waals surface area contributed by atoms with Crippen molar-refractivity contribution in [3.63, 3.8) is 0 Å². The molecular formula is C10H15BrN2S. The molecule has 1 fully saturated rings. The molecule has 1 aliphatic carbocycles. The summed E-state index contributed by atoms with van der Waals surface area (Å²) in [6, 6.07) is 0.0615. The highest BCUT2D eigenvalue weighted by atomic mass is 79.9. The Morgan fingerprint density at radius 3 is 2.64 bits per heavy atom. The van der Waals surface area contributed by atoms with Crippen LogP contribution in [0.15, 0.2) is 4.60 Å². The molecular weight excluding hydrogens is 260 g/mol. The summed E-state index contributed by atoms with van der Waals surface area (Å²) < 4.78 is 1.03. The van der Waals surface area contributed by atoms with Gasteiger partial charge in [-0.2, -0.15) is 0 Å². The number of hydrogen-bond acceptors (Lipinski definition) is 3. The Balaban J connectivity index is 2.24. The van der Waals surface area contributed by atoms with Gasteiger partial charge in [-0.05, 0) is 41.6 Å². The first kappa shape index (κ1) is 10.6. The van der Waals surface area contributed by atoms with E-state index in [-0.39, 0.29) is 6.04 Å². The summed E-state index contributed by atoms with van der Waals surface area (Å²) in [5.74, 6) is 0.731. The molecule has 1 aromatic rings. The second-order valence-electron chi connectivity index (χ2n) is 3.98. The molecule has 4 heteroatoms. The average molecular weight is 275 g/mol. The Labute approximate surface area is 97.0 Å². The first-order chi connectivity index (χ1) is 6.68. The highest BCUT2D eigenvalue weighted by Gasteiger charge is 2.23. The molecule has 0 radical (unpaired) electrons. The van der Waals surface area contributed by atoms with E-state index < -0.39 is 0 Å². The van der Waals surface area contributed by atoms with Crippen LogP contribution in [0.1, 0.15) is 54.5 Å². The molecule has 0 aliphatic heterocycles. The summed E-state index contributed by atoms with van der Waals surface area (Å²) in [5, 5.41) is 1.05. The van der Waals surface area contributed by atoms with E-state index in [1.54, 1.807) is 11.3 Å². The molecule has 0 bridgehead atoms. The van der Waals surface area contributed by atoms with Crippen molar-refractivity contribution >= 4 is 27.3 Å². The van der Waals surface area contributed by atoms with Crippen LogP contribution in [-0.2, 0) is 0 Å². The van der Waals surface area contributed by atoms with E-state index in [0.717, 1.165) is 15.5 Å². The van der Waals surface area contributed by atoms with Crippen molar-refractivity contribution in [3.05, 3.63) is 14.5 Å². The largest absolute Gasteiger partial charge is 0.322 e. The Hall–Kier alpha value is 0.0700. The highest BCUT2D eigenvalue weighted by Crippen LogP contribution is 2.41. The molecule has 1 aromatic heterocycles. The van der Waals surface area contributed by atoms with Gasteiger partial charge < -0.3 is 5.73 Å². The summed E-state index contributed by atoms with van der Waals surface area (Å²) in [4.78, 5) is 5.88. The van der Waals surface area contributed by atoms with Gasteiger partial charge in [0.1, 0.15) is 9.61 Å². The summed E-state index contributed by atoms with van der Waals surface area (Å²) in [7, 11) is 0. The zero-order chi connectivity index (χ0) is 10.1. The SMILES string of the molecule is CC(N)c1nc(Br)c(C2CCCC2)s1. The predicted molar refractivity (Wildman–Crippen MR) is 63.6 cm³/mol. The number of rotatable bonds is 2. The van der Waals surface area contributed by atoms with Crippen molar-refractivity contribution in [3.8, 4) is 0 Å². The molecule has 1 unspecified atom stereocenters. The van der Waals surface area contributed by atoms with E-state index >= 15 is 0 Å². The molecule has 2 rings (SSSR count). The maximum atomic E-state index is 5.82. The molecule has 14 heavy (non-hydrogen) atoms. The van der Waals surface area contributed by atoms with Crippen LogP contribution >= 0.6 is 27.3 Å². The smallest absolute Gasteiger partial charge is 0.120 e. The van der Waals surface area contributed by atoms with Crippen molar-refractivity contribution in [1.82, 2.24) is 4.98 Å². The molecule has 0 saturated heterocycles. The lowest BCUT2D eigenvalue weighted by molar-refractivity contribution is 0.731. The number of halogens is 1. The van der Waals surface area contributed by atoms with E-state index in [0.29, 0.717) is 0 Å². The monoisotopic (exact) mass is 274 g/mol. The second-order valence-corrected chi connectivity index (χ2v) is 5.79. The maximum absolute atomic E-state index is 5.82. The fourth-order valence-electron chi connectivity index (χ4n) is 1.96. The predicted octanol–water partition coefficient (Wildman–Crippen LogP) is 3.58. The standard InChI is InChI=1S/C10H15BrN2S/c1-6(12)10-13-9(11)8(14-10)7-4-2-3-5-7/h6-7H,2-5,12H2,1H3. The first-order valence-corrected chi connectivity index (χ1v) is 6.71. The number of nitrogens with two attached hydrogens (primary N) is 1. The quantitative estimate of drug-likeness (QED) is 0.895. The van der Waals surface area contributed by atoms with Crippen LogP contribution in [0, 0.1) is 0 Å². The topological polar surface area (TPSA) is 38.9 Å². The van der Waals surface area contributed by atoms with Crippen LogP contribution in [-0.4, -0.2) is 4.98 Å². The van der Waals surface area contributed by atoms with Gasteiger partial charge in [0, 0.05) is 4.88 Å². The van der Waals surface area contributed by atoms with Crippen LogP contribution in [0.25, 0.3) is 0 Å². The fourth-order valence-corrected chi connectivity index (χ4v) is 3.92. The number of nitrogens with zero attached hydrogens (tertiary/aromatic N) is 1. The minimum absolute atomic E-state index is 0.0615. The Morgan fingerprint density at radius 2 is 2.14 bits per heavy atom. The minimum Gasteiger partial charge on any atom is -0.322 e. The van der Waals surface area contributed by atoms with Gasteiger partial charge in [0.05, 0.1) is 6.04 Å². The summed E-state index contributed by atoms with van der Waals surface area (Å²) in [5.41, 5.74) is 5.82. The molecule has 1 heterocycles. The molecule has 78 valence electrons. The lowest BCUT2D eigenvalue weighted by atomic mass is 10.1. The normalized spacial score (nSPS) is 20.2. The molecule has 0 amide bonds. The van der Waals surface area contributed by atoms with Crippen molar-refractivity contribution in [2.75, 3.05) is 0 Å². The van der Waals surface area contributed by atoms with Gasteiger partial charge in [-0.3, -0.25) is 0 Å². The Morgan fingerprint density at radius 1 is 1.50 bits per heavy atom. The van der Waals surface area contributed by atoms with E-state index in [4.69, 9.17) is 5.73 Å². The van der Waals surface area contributed by atoms with E-state index in [9.17, 15) is 0 Å². The maximum Gasteiger partial charge on any atom is 0.120 e. The van der Waals surface area contributed by atoms with Gasteiger partial charge in [-0.15, -0.1) is 11.3 Å². The van der Waals surface area contributed by atoms with Gasteiger partial charge in [0.15, 0.2) is 0 Å². The van der Waals surface area contributed by atoms with Crippen molar-refractivity contribution in [1.29, 1.82) is 0 Å². The van der Waals surface area contributed by atoms with Crippen molar-refractivity contribution < 1.29 is 0 Å². The number of hydrogen-bond donors (Lipinski definition) is 1. The molecule has 1 saturated carbocycles. The second kappa shape index (κ2) is 4.29. The summed E-state index contributed by atoms with van der Waals surface area (Å²) >= 11 is 5.32. The van der Waals surface area contributed by atoms with Crippen LogP contribution in [0.3, 0.4) is 0 Å². The number of thiazole rings is 1. The van der Waals surface area contributed by atoms with Crippen LogP contribution in [0.5, 0.6) is 0 Å². The van der Waals surface area contributed by atoms with Gasteiger partial charge >= 0.3 is 0 Å². The Kier molecular flexibility index (Phi) is 3.24. The van der Waals surface area contributed by atoms with Crippen molar-refractivity contribution in [2.45, 2.75) is 44.6 Å². The molecule has 2 N–H and O–H groups in total. The van der Waals surface area contributed by atoms with E-state index in [1.807, 2.05) is 6.92 Å². The molecule has 0 spiro atoms. The molecule has 2 nitrogen and oxygen atoms in total. The summed E-state index contributed by atoms with van der Waals surface area (Å²) in [6.07, 6.45) is 5.36. The van der Waals surface area contributed by atoms with Gasteiger partial charge in [0.2, 0.25) is 0 Å². The third-order valence-electron chi connectivity index (χ3n) is 2.74.